The molecule has 0 aliphatic heterocycles. The molecule has 1 aromatic heterocycles. The van der Waals surface area contributed by atoms with Crippen molar-refractivity contribution < 1.29 is 9.52 Å². The Morgan fingerprint density at radius 1 is 1.37 bits per heavy atom. The van der Waals surface area contributed by atoms with Gasteiger partial charge in [-0.25, -0.2) is 0 Å². The molecule has 19 heavy (non-hydrogen) atoms. The first-order valence-electron chi connectivity index (χ1n) is 6.36. The third-order valence-electron chi connectivity index (χ3n) is 3.11. The number of hydrogen-bond acceptors (Lipinski definition) is 3. The summed E-state index contributed by atoms with van der Waals surface area (Å²) in [5.74, 6) is 0.942. The SMILES string of the molecule is CCN(Cc1ccco1)c1ccc([C@H](C)O)c(Br)c1. The van der Waals surface area contributed by atoms with Crippen molar-refractivity contribution in [3.8, 4) is 0 Å². The molecule has 1 N–H and O–H groups in total. The fraction of sp³-hybridized carbons (Fsp3) is 0.333. The van der Waals surface area contributed by atoms with Gasteiger partial charge in [0.15, 0.2) is 0 Å². The Labute approximate surface area is 122 Å². The number of furan rings is 1. The van der Waals surface area contributed by atoms with Crippen LogP contribution < -0.4 is 4.90 Å². The van der Waals surface area contributed by atoms with E-state index in [0.29, 0.717) is 0 Å². The van der Waals surface area contributed by atoms with E-state index in [4.69, 9.17) is 4.42 Å². The number of aliphatic hydroxyl groups excluding tert-OH is 1. The second kappa shape index (κ2) is 6.26. The van der Waals surface area contributed by atoms with Crippen LogP contribution in [0.5, 0.6) is 0 Å². The van der Waals surface area contributed by atoms with E-state index < -0.39 is 6.10 Å². The summed E-state index contributed by atoms with van der Waals surface area (Å²) in [6.45, 7) is 5.50. The number of aliphatic hydroxyl groups is 1. The lowest BCUT2D eigenvalue weighted by molar-refractivity contribution is 0.198. The van der Waals surface area contributed by atoms with Crippen LogP contribution in [-0.4, -0.2) is 11.7 Å². The van der Waals surface area contributed by atoms with Crippen molar-refractivity contribution in [1.82, 2.24) is 0 Å². The van der Waals surface area contributed by atoms with E-state index in [-0.39, 0.29) is 0 Å². The van der Waals surface area contributed by atoms with Crippen LogP contribution in [0.3, 0.4) is 0 Å². The smallest absolute Gasteiger partial charge is 0.123 e. The van der Waals surface area contributed by atoms with Gasteiger partial charge in [0.05, 0.1) is 18.9 Å². The van der Waals surface area contributed by atoms with Crippen molar-refractivity contribution in [3.63, 3.8) is 0 Å². The zero-order valence-corrected chi connectivity index (χ0v) is 12.7. The molecular formula is C15H18BrNO2. The first-order valence-corrected chi connectivity index (χ1v) is 7.16. The molecule has 0 spiro atoms. The van der Waals surface area contributed by atoms with Gasteiger partial charge in [-0.1, -0.05) is 22.0 Å². The first-order chi connectivity index (χ1) is 9.11. The van der Waals surface area contributed by atoms with Crippen LogP contribution in [0.4, 0.5) is 5.69 Å². The van der Waals surface area contributed by atoms with Crippen molar-refractivity contribution in [2.24, 2.45) is 0 Å². The fourth-order valence-corrected chi connectivity index (χ4v) is 2.73. The van der Waals surface area contributed by atoms with Gasteiger partial charge in [0.1, 0.15) is 5.76 Å². The van der Waals surface area contributed by atoms with E-state index in [1.54, 1.807) is 13.2 Å². The normalized spacial score (nSPS) is 12.4. The number of benzene rings is 1. The van der Waals surface area contributed by atoms with Gasteiger partial charge in [-0.15, -0.1) is 0 Å². The molecule has 0 saturated heterocycles. The van der Waals surface area contributed by atoms with Crippen molar-refractivity contribution in [2.75, 3.05) is 11.4 Å². The van der Waals surface area contributed by atoms with Crippen molar-refractivity contribution in [2.45, 2.75) is 26.5 Å². The standard InChI is InChI=1S/C15H18BrNO2/c1-3-17(10-13-5-4-8-19-13)12-6-7-14(11(2)18)15(16)9-12/h4-9,11,18H,3,10H2,1-2H3/t11-/m0/s1. The second-order valence-corrected chi connectivity index (χ2v) is 5.33. The molecule has 0 amide bonds. The molecule has 2 aromatic rings. The van der Waals surface area contributed by atoms with Gasteiger partial charge in [-0.05, 0) is 43.7 Å². The zero-order valence-electron chi connectivity index (χ0n) is 11.1. The predicted molar refractivity (Wildman–Crippen MR) is 80.2 cm³/mol. The summed E-state index contributed by atoms with van der Waals surface area (Å²) in [6.07, 6.45) is 1.22. The molecule has 1 aromatic carbocycles. The van der Waals surface area contributed by atoms with E-state index in [2.05, 4.69) is 27.8 Å². The van der Waals surface area contributed by atoms with E-state index in [9.17, 15) is 5.11 Å². The number of halogens is 1. The fourth-order valence-electron chi connectivity index (χ4n) is 2.03. The van der Waals surface area contributed by atoms with Crippen molar-refractivity contribution in [1.29, 1.82) is 0 Å². The summed E-state index contributed by atoms with van der Waals surface area (Å²) in [5, 5.41) is 9.64. The highest BCUT2D eigenvalue weighted by molar-refractivity contribution is 9.10. The maximum atomic E-state index is 9.64. The van der Waals surface area contributed by atoms with E-state index in [1.165, 1.54) is 0 Å². The number of anilines is 1. The molecule has 0 bridgehead atoms. The summed E-state index contributed by atoms with van der Waals surface area (Å²) in [6, 6.07) is 9.89. The highest BCUT2D eigenvalue weighted by Crippen LogP contribution is 2.28. The van der Waals surface area contributed by atoms with Gasteiger partial charge in [-0.3, -0.25) is 0 Å². The minimum absolute atomic E-state index is 0.469. The largest absolute Gasteiger partial charge is 0.467 e. The molecule has 3 nitrogen and oxygen atoms in total. The Morgan fingerprint density at radius 2 is 2.16 bits per heavy atom. The molecule has 1 atom stereocenters. The van der Waals surface area contributed by atoms with Gasteiger partial charge >= 0.3 is 0 Å². The number of nitrogens with zero attached hydrogens (tertiary/aromatic N) is 1. The number of rotatable bonds is 5. The molecule has 0 aliphatic carbocycles. The molecule has 1 heterocycles. The highest BCUT2D eigenvalue weighted by atomic mass is 79.9. The van der Waals surface area contributed by atoms with Crippen LogP contribution in [0.2, 0.25) is 0 Å². The summed E-state index contributed by atoms with van der Waals surface area (Å²) in [5.41, 5.74) is 2.01. The van der Waals surface area contributed by atoms with Crippen molar-refractivity contribution >= 4 is 21.6 Å². The molecule has 4 heteroatoms. The van der Waals surface area contributed by atoms with E-state index >= 15 is 0 Å². The van der Waals surface area contributed by atoms with Gasteiger partial charge < -0.3 is 14.4 Å². The lowest BCUT2D eigenvalue weighted by Crippen LogP contribution is -2.21. The Hall–Kier alpha value is -1.26. The van der Waals surface area contributed by atoms with Crippen LogP contribution in [-0.2, 0) is 6.54 Å². The maximum Gasteiger partial charge on any atom is 0.123 e. The first kappa shape index (κ1) is 14.2. The van der Waals surface area contributed by atoms with Crippen molar-refractivity contribution in [3.05, 3.63) is 52.4 Å². The lowest BCUT2D eigenvalue weighted by atomic mass is 10.1. The third kappa shape index (κ3) is 3.39. The molecule has 0 unspecified atom stereocenters. The monoisotopic (exact) mass is 323 g/mol. The Balaban J connectivity index is 2.21. The molecule has 2 rings (SSSR count). The summed E-state index contributed by atoms with van der Waals surface area (Å²) in [4.78, 5) is 2.22. The average molecular weight is 324 g/mol. The Morgan fingerprint density at radius 3 is 2.68 bits per heavy atom. The Kier molecular flexibility index (Phi) is 4.66. The summed E-state index contributed by atoms with van der Waals surface area (Å²) in [7, 11) is 0. The highest BCUT2D eigenvalue weighted by Gasteiger charge is 2.11. The summed E-state index contributed by atoms with van der Waals surface area (Å²) >= 11 is 3.51. The molecular weight excluding hydrogens is 306 g/mol. The quantitative estimate of drug-likeness (QED) is 0.899. The minimum Gasteiger partial charge on any atom is -0.467 e. The van der Waals surface area contributed by atoms with Gasteiger partial charge in [0.25, 0.3) is 0 Å². The lowest BCUT2D eigenvalue weighted by Gasteiger charge is -2.23. The molecule has 0 radical (unpaired) electrons. The zero-order chi connectivity index (χ0) is 13.8. The van der Waals surface area contributed by atoms with Crippen LogP contribution >= 0.6 is 15.9 Å². The van der Waals surface area contributed by atoms with Gasteiger partial charge in [0, 0.05) is 16.7 Å². The third-order valence-corrected chi connectivity index (χ3v) is 3.79. The molecule has 0 saturated carbocycles. The second-order valence-electron chi connectivity index (χ2n) is 4.48. The number of hydrogen-bond donors (Lipinski definition) is 1. The van der Waals surface area contributed by atoms with E-state index in [0.717, 1.165) is 34.6 Å². The average Bonchev–Trinajstić information content (AvgIpc) is 2.88. The predicted octanol–water partition coefficient (Wildman–Crippen LogP) is 4.12. The Bertz CT molecular complexity index is 523. The maximum absolute atomic E-state index is 9.64. The van der Waals surface area contributed by atoms with Crippen LogP contribution in [0, 0.1) is 0 Å². The molecule has 0 fully saturated rings. The van der Waals surface area contributed by atoms with Gasteiger partial charge in [0.2, 0.25) is 0 Å². The van der Waals surface area contributed by atoms with Gasteiger partial charge in [-0.2, -0.15) is 0 Å². The van der Waals surface area contributed by atoms with E-state index in [1.807, 2.05) is 30.3 Å². The molecule has 0 aliphatic rings. The summed E-state index contributed by atoms with van der Waals surface area (Å²) < 4.78 is 6.31. The minimum atomic E-state index is -0.469. The van der Waals surface area contributed by atoms with Crippen LogP contribution in [0.1, 0.15) is 31.3 Å². The van der Waals surface area contributed by atoms with Crippen LogP contribution in [0.15, 0.2) is 45.5 Å². The topological polar surface area (TPSA) is 36.6 Å². The van der Waals surface area contributed by atoms with Crippen LogP contribution in [0.25, 0.3) is 0 Å². The molecule has 102 valence electrons.